The molecule has 0 aliphatic carbocycles. The van der Waals surface area contributed by atoms with Gasteiger partial charge in [-0.25, -0.2) is 0 Å². The van der Waals surface area contributed by atoms with Crippen LogP contribution in [-0.4, -0.2) is 16.8 Å². The fraction of sp³-hybridized carbons (Fsp3) is 0.300. The third kappa shape index (κ3) is 3.77. The number of carboxylic acids is 1. The summed E-state index contributed by atoms with van der Waals surface area (Å²) in [6, 6.07) is 5.14. The Hall–Kier alpha value is -1.17. The Morgan fingerprint density at radius 2 is 1.94 bits per heavy atom. The number of benzene rings is 1. The lowest BCUT2D eigenvalue weighted by molar-refractivity contribution is -0.139. The zero-order chi connectivity index (χ0) is 12.2. The summed E-state index contributed by atoms with van der Waals surface area (Å²) in [5.41, 5.74) is -0.717. The van der Waals surface area contributed by atoms with Crippen molar-refractivity contribution in [2.24, 2.45) is 0 Å². The van der Waals surface area contributed by atoms with E-state index < -0.39 is 17.7 Å². The molecule has 0 saturated carbocycles. The van der Waals surface area contributed by atoms with Gasteiger partial charge in [-0.2, -0.15) is 13.2 Å². The lowest BCUT2D eigenvalue weighted by atomic mass is 10.2. The number of carbonyl (C=O) groups is 1. The maximum absolute atomic E-state index is 12.5. The number of hydrogen-bond acceptors (Lipinski definition) is 2. The van der Waals surface area contributed by atoms with Gasteiger partial charge >= 0.3 is 12.1 Å². The van der Waals surface area contributed by atoms with Gasteiger partial charge in [-0.3, -0.25) is 4.79 Å². The van der Waals surface area contributed by atoms with E-state index in [1.807, 2.05) is 0 Å². The maximum Gasteiger partial charge on any atom is 0.417 e. The first-order chi connectivity index (χ1) is 7.41. The summed E-state index contributed by atoms with van der Waals surface area (Å²) in [5, 5.41) is 8.39. The van der Waals surface area contributed by atoms with Crippen molar-refractivity contribution in [3.05, 3.63) is 29.8 Å². The van der Waals surface area contributed by atoms with Gasteiger partial charge in [0, 0.05) is 10.6 Å². The van der Waals surface area contributed by atoms with Crippen LogP contribution in [0, 0.1) is 0 Å². The largest absolute Gasteiger partial charge is 0.481 e. The number of rotatable bonds is 4. The van der Waals surface area contributed by atoms with Crippen molar-refractivity contribution in [3.8, 4) is 0 Å². The molecule has 1 N–H and O–H groups in total. The summed E-state index contributed by atoms with van der Waals surface area (Å²) < 4.78 is 37.5. The van der Waals surface area contributed by atoms with Gasteiger partial charge in [-0.15, -0.1) is 11.8 Å². The Morgan fingerprint density at radius 3 is 2.50 bits per heavy atom. The minimum Gasteiger partial charge on any atom is -0.481 e. The van der Waals surface area contributed by atoms with E-state index in [0.717, 1.165) is 17.8 Å². The lowest BCUT2D eigenvalue weighted by Gasteiger charge is -2.11. The standard InChI is InChI=1S/C10H9F3O2S/c11-10(12,13)7-3-1-2-4-8(7)16-6-5-9(14)15/h1-4H,5-6H2,(H,14,15). The van der Waals surface area contributed by atoms with Gasteiger partial charge in [0.25, 0.3) is 0 Å². The van der Waals surface area contributed by atoms with Crippen LogP contribution in [0.15, 0.2) is 29.2 Å². The Bertz CT molecular complexity index is 377. The average molecular weight is 250 g/mol. The highest BCUT2D eigenvalue weighted by atomic mass is 32.2. The van der Waals surface area contributed by atoms with E-state index >= 15 is 0 Å². The zero-order valence-electron chi connectivity index (χ0n) is 8.12. The van der Waals surface area contributed by atoms with Gasteiger partial charge in [-0.1, -0.05) is 12.1 Å². The van der Waals surface area contributed by atoms with Crippen LogP contribution in [0.2, 0.25) is 0 Å². The van der Waals surface area contributed by atoms with Crippen molar-refractivity contribution in [2.45, 2.75) is 17.5 Å². The number of halogens is 3. The van der Waals surface area contributed by atoms with Crippen molar-refractivity contribution >= 4 is 17.7 Å². The molecule has 1 rings (SSSR count). The van der Waals surface area contributed by atoms with Crippen molar-refractivity contribution in [1.82, 2.24) is 0 Å². The lowest BCUT2D eigenvalue weighted by Crippen LogP contribution is -2.06. The number of alkyl halides is 3. The molecule has 88 valence electrons. The molecule has 2 nitrogen and oxygen atoms in total. The molecule has 1 aromatic carbocycles. The predicted octanol–water partition coefficient (Wildman–Crippen LogP) is 3.27. The second kappa shape index (κ2) is 5.25. The molecule has 0 aliphatic rings. The fourth-order valence-corrected chi connectivity index (χ4v) is 2.09. The van der Waals surface area contributed by atoms with Crippen LogP contribution in [0.3, 0.4) is 0 Å². The van der Waals surface area contributed by atoms with Gasteiger partial charge in [0.2, 0.25) is 0 Å². The minimum atomic E-state index is -4.40. The molecule has 0 fully saturated rings. The second-order valence-electron chi connectivity index (χ2n) is 2.99. The molecular weight excluding hydrogens is 241 g/mol. The van der Waals surface area contributed by atoms with Gasteiger partial charge in [0.1, 0.15) is 0 Å². The Kier molecular flexibility index (Phi) is 4.23. The fourth-order valence-electron chi connectivity index (χ4n) is 1.07. The number of carboxylic acid groups (broad SMARTS) is 1. The minimum absolute atomic E-state index is 0.0660. The predicted molar refractivity (Wildman–Crippen MR) is 54.4 cm³/mol. The monoisotopic (exact) mass is 250 g/mol. The van der Waals surface area contributed by atoms with E-state index in [0.29, 0.717) is 0 Å². The number of aliphatic carboxylic acids is 1. The summed E-state index contributed by atoms with van der Waals surface area (Å²) in [5.74, 6) is -0.889. The van der Waals surface area contributed by atoms with Crippen molar-refractivity contribution in [1.29, 1.82) is 0 Å². The van der Waals surface area contributed by atoms with Crippen LogP contribution < -0.4 is 0 Å². The van der Waals surface area contributed by atoms with E-state index in [-0.39, 0.29) is 17.1 Å². The van der Waals surface area contributed by atoms with E-state index in [1.165, 1.54) is 18.2 Å². The van der Waals surface area contributed by atoms with E-state index in [1.54, 1.807) is 0 Å². The summed E-state index contributed by atoms with van der Waals surface area (Å²) >= 11 is 0.901. The summed E-state index contributed by atoms with van der Waals surface area (Å²) in [7, 11) is 0. The number of hydrogen-bond donors (Lipinski definition) is 1. The molecule has 0 atom stereocenters. The molecule has 1 aromatic rings. The van der Waals surface area contributed by atoms with E-state index in [9.17, 15) is 18.0 Å². The molecule has 6 heteroatoms. The smallest absolute Gasteiger partial charge is 0.417 e. The van der Waals surface area contributed by atoms with Gasteiger partial charge < -0.3 is 5.11 Å². The maximum atomic E-state index is 12.5. The molecule has 0 amide bonds. The molecule has 0 heterocycles. The highest BCUT2D eigenvalue weighted by Crippen LogP contribution is 2.36. The molecule has 0 unspecified atom stereocenters. The quantitative estimate of drug-likeness (QED) is 0.833. The van der Waals surface area contributed by atoms with Crippen LogP contribution in [0.5, 0.6) is 0 Å². The van der Waals surface area contributed by atoms with Crippen LogP contribution in [0.1, 0.15) is 12.0 Å². The summed E-state index contributed by atoms with van der Waals surface area (Å²) in [6.07, 6.45) is -4.55. The second-order valence-corrected chi connectivity index (χ2v) is 4.12. The van der Waals surface area contributed by atoms with Crippen molar-refractivity contribution in [2.75, 3.05) is 5.75 Å². The Labute approximate surface area is 94.5 Å². The Balaban J connectivity index is 2.76. The molecule has 0 bridgehead atoms. The molecule has 0 saturated heterocycles. The van der Waals surface area contributed by atoms with Gasteiger partial charge in [-0.05, 0) is 12.1 Å². The highest BCUT2D eigenvalue weighted by molar-refractivity contribution is 7.99. The van der Waals surface area contributed by atoms with Crippen LogP contribution in [0.4, 0.5) is 13.2 Å². The summed E-state index contributed by atoms with van der Waals surface area (Å²) in [6.45, 7) is 0. The average Bonchev–Trinajstić information content (AvgIpc) is 2.16. The molecule has 0 spiro atoms. The third-order valence-electron chi connectivity index (χ3n) is 1.77. The Morgan fingerprint density at radius 1 is 1.31 bits per heavy atom. The number of thioether (sulfide) groups is 1. The molecule has 0 aliphatic heterocycles. The first-order valence-corrected chi connectivity index (χ1v) is 5.40. The first kappa shape index (κ1) is 12.9. The molecule has 0 radical (unpaired) electrons. The van der Waals surface area contributed by atoms with Gasteiger partial charge in [0.05, 0.1) is 12.0 Å². The first-order valence-electron chi connectivity index (χ1n) is 4.42. The normalized spacial score (nSPS) is 11.4. The third-order valence-corrected chi connectivity index (χ3v) is 2.84. The molecular formula is C10H9F3O2S. The topological polar surface area (TPSA) is 37.3 Å². The molecule has 16 heavy (non-hydrogen) atoms. The van der Waals surface area contributed by atoms with E-state index in [4.69, 9.17) is 5.11 Å². The van der Waals surface area contributed by atoms with E-state index in [2.05, 4.69) is 0 Å². The van der Waals surface area contributed by atoms with Crippen molar-refractivity contribution in [3.63, 3.8) is 0 Å². The summed E-state index contributed by atoms with van der Waals surface area (Å²) in [4.78, 5) is 10.3. The van der Waals surface area contributed by atoms with Crippen molar-refractivity contribution < 1.29 is 23.1 Å². The van der Waals surface area contributed by atoms with Crippen LogP contribution in [-0.2, 0) is 11.0 Å². The van der Waals surface area contributed by atoms with Gasteiger partial charge in [0.15, 0.2) is 0 Å². The SMILES string of the molecule is O=C(O)CCSc1ccccc1C(F)(F)F. The zero-order valence-corrected chi connectivity index (χ0v) is 8.94. The van der Waals surface area contributed by atoms with Crippen LogP contribution >= 0.6 is 11.8 Å². The highest BCUT2D eigenvalue weighted by Gasteiger charge is 2.32. The van der Waals surface area contributed by atoms with Crippen LogP contribution in [0.25, 0.3) is 0 Å². The molecule has 0 aromatic heterocycles.